The molecule has 6 rings (SSSR count). The van der Waals surface area contributed by atoms with E-state index >= 15 is 0 Å². The second-order valence-electron chi connectivity index (χ2n) is 16.1. The molecule has 4 saturated carbocycles. The van der Waals surface area contributed by atoms with Gasteiger partial charge in [-0.05, 0) is 99.7 Å². The lowest BCUT2D eigenvalue weighted by Gasteiger charge is -2.63. The molecule has 7 heteroatoms. The van der Waals surface area contributed by atoms with E-state index in [9.17, 15) is 9.90 Å². The van der Waals surface area contributed by atoms with Crippen molar-refractivity contribution in [2.45, 2.75) is 129 Å². The summed E-state index contributed by atoms with van der Waals surface area (Å²) in [5.74, 6) is 2.76. The summed E-state index contributed by atoms with van der Waals surface area (Å²) in [4.78, 5) is 12.2. The minimum atomic E-state index is -0.146. The molecule has 2 heterocycles. The average Bonchev–Trinajstić information content (AvgIpc) is 3.16. The summed E-state index contributed by atoms with van der Waals surface area (Å²) in [5.41, 5.74) is 0.421. The standard InChI is InChI=1S/C33H58N2O3.2BrH/c1-23(36)38-30-20-24-12-13-25-26(33(24,3)22-29(30)35(5)18-10-7-11-19-35)14-15-32(2)27(25)21-28(31(32)37)34(4)16-8-6-9-17-34;;/h24-31,37H,6-22H2,1-5H3;2*1H/q+2;;/p-2/t24-,25?,26?,27?,28-,29-,30-,31-,32-,33-;;/m0../s1. The highest BCUT2D eigenvalue weighted by Gasteiger charge is 2.66. The third-order valence-corrected chi connectivity index (χ3v) is 14.2. The molecule has 0 amide bonds. The molecule has 0 aromatic carbocycles. The van der Waals surface area contributed by atoms with Gasteiger partial charge in [-0.1, -0.05) is 13.8 Å². The van der Waals surface area contributed by atoms with Crippen molar-refractivity contribution >= 4 is 5.97 Å². The Balaban J connectivity index is 0.00000185. The van der Waals surface area contributed by atoms with Gasteiger partial charge in [-0.15, -0.1) is 0 Å². The molecule has 1 N–H and O–H groups in total. The van der Waals surface area contributed by atoms with Gasteiger partial charge in [-0.25, -0.2) is 0 Å². The number of quaternary nitrogens is 2. The van der Waals surface area contributed by atoms with Crippen molar-refractivity contribution in [1.29, 1.82) is 0 Å². The molecule has 2 aliphatic heterocycles. The van der Waals surface area contributed by atoms with E-state index in [0.29, 0.717) is 29.3 Å². The summed E-state index contributed by atoms with van der Waals surface area (Å²) >= 11 is 0. The Labute approximate surface area is 265 Å². The number of carbonyl (C=O) groups is 1. The van der Waals surface area contributed by atoms with Gasteiger partial charge in [0, 0.05) is 25.2 Å². The van der Waals surface area contributed by atoms with Crippen LogP contribution in [0.1, 0.15) is 104 Å². The van der Waals surface area contributed by atoms with Crippen molar-refractivity contribution < 1.29 is 57.6 Å². The maximum Gasteiger partial charge on any atom is 0.303 e. The molecule has 0 radical (unpaired) electrons. The number of likely N-dealkylation sites (tertiary alicyclic amines) is 2. The number of likely N-dealkylation sites (N-methyl/N-ethyl adjacent to an activating group) is 2. The van der Waals surface area contributed by atoms with Crippen molar-refractivity contribution in [2.75, 3.05) is 40.3 Å². The zero-order chi connectivity index (χ0) is 26.9. The van der Waals surface area contributed by atoms with Gasteiger partial charge in [-0.2, -0.15) is 0 Å². The molecule has 6 aliphatic rings. The number of piperidine rings is 2. The highest BCUT2D eigenvalue weighted by Crippen LogP contribution is 2.67. The van der Waals surface area contributed by atoms with Crippen LogP contribution < -0.4 is 34.0 Å². The Morgan fingerprint density at radius 2 is 1.35 bits per heavy atom. The first-order chi connectivity index (χ1) is 18.0. The summed E-state index contributed by atoms with van der Waals surface area (Å²) in [5, 5.41) is 11.9. The van der Waals surface area contributed by atoms with Gasteiger partial charge in [-0.3, -0.25) is 4.79 Å². The molecule has 3 unspecified atom stereocenters. The van der Waals surface area contributed by atoms with Gasteiger partial charge in [0.25, 0.3) is 0 Å². The van der Waals surface area contributed by atoms with Crippen LogP contribution in [0, 0.1) is 34.5 Å². The molecule has 5 nitrogen and oxygen atoms in total. The van der Waals surface area contributed by atoms with Crippen LogP contribution in [0.3, 0.4) is 0 Å². The Morgan fingerprint density at radius 3 is 1.93 bits per heavy atom. The number of ether oxygens (including phenoxy) is 1. The quantitative estimate of drug-likeness (QED) is 0.323. The van der Waals surface area contributed by atoms with Crippen molar-refractivity contribution in [3.63, 3.8) is 0 Å². The van der Waals surface area contributed by atoms with Crippen molar-refractivity contribution in [3.05, 3.63) is 0 Å². The SMILES string of the molecule is CC(=O)O[C@H]1C[C@@H]2CCC3C4C[C@H]([N+]5(C)CCCCC5)[C@H](O)[C@@]4(C)CCC3[C@@]2(C)C[C@@H]1[N+]1(C)CCCCC1.[Br-].[Br-]. The lowest BCUT2D eigenvalue weighted by atomic mass is 9.44. The van der Waals surface area contributed by atoms with Gasteiger partial charge in [0.1, 0.15) is 18.2 Å². The summed E-state index contributed by atoms with van der Waals surface area (Å²) in [6.07, 6.45) is 16.5. The molecule has 10 atom stereocenters. The summed E-state index contributed by atoms with van der Waals surface area (Å²) < 4.78 is 8.38. The molecule has 0 spiro atoms. The molecule has 40 heavy (non-hydrogen) atoms. The van der Waals surface area contributed by atoms with Crippen LogP contribution in [0.25, 0.3) is 0 Å². The second kappa shape index (κ2) is 12.0. The van der Waals surface area contributed by atoms with Gasteiger partial charge in [0.2, 0.25) is 0 Å². The fourth-order valence-electron chi connectivity index (χ4n) is 11.9. The number of hydrogen-bond donors (Lipinski definition) is 1. The number of esters is 1. The molecule has 2 saturated heterocycles. The Bertz CT molecular complexity index is 906. The number of halogens is 2. The van der Waals surface area contributed by atoms with E-state index in [2.05, 4.69) is 27.9 Å². The average molecular weight is 691 g/mol. The van der Waals surface area contributed by atoms with Crippen LogP contribution >= 0.6 is 0 Å². The van der Waals surface area contributed by atoms with E-state index in [1.54, 1.807) is 6.92 Å². The van der Waals surface area contributed by atoms with Crippen LogP contribution in [0.2, 0.25) is 0 Å². The van der Waals surface area contributed by atoms with E-state index < -0.39 is 0 Å². The predicted molar refractivity (Wildman–Crippen MR) is 151 cm³/mol. The lowest BCUT2D eigenvalue weighted by Crippen LogP contribution is -3.00. The number of fused-ring (bicyclic) bond motifs is 5. The van der Waals surface area contributed by atoms with Crippen molar-refractivity contribution in [3.8, 4) is 0 Å². The van der Waals surface area contributed by atoms with Crippen LogP contribution in [0.15, 0.2) is 0 Å². The predicted octanol–water partition coefficient (Wildman–Crippen LogP) is -0.452. The van der Waals surface area contributed by atoms with Crippen molar-refractivity contribution in [1.82, 2.24) is 0 Å². The number of hydrogen-bond acceptors (Lipinski definition) is 3. The molecule has 0 aromatic heterocycles. The first-order valence-corrected chi connectivity index (χ1v) is 16.5. The van der Waals surface area contributed by atoms with Gasteiger partial charge in [0.05, 0.1) is 40.3 Å². The molecular weight excluding hydrogens is 632 g/mol. The Morgan fingerprint density at radius 1 is 0.775 bits per heavy atom. The van der Waals surface area contributed by atoms with Crippen LogP contribution in [-0.2, 0) is 9.53 Å². The fourth-order valence-corrected chi connectivity index (χ4v) is 11.9. The van der Waals surface area contributed by atoms with Crippen LogP contribution in [-0.4, -0.2) is 84.6 Å². The Hall–Kier alpha value is 0.310. The fraction of sp³-hybridized carbons (Fsp3) is 0.970. The lowest BCUT2D eigenvalue weighted by molar-refractivity contribution is -0.943. The Kier molecular flexibility index (Phi) is 9.97. The molecule has 4 aliphatic carbocycles. The number of carbonyl (C=O) groups excluding carboxylic acids is 1. The van der Waals surface area contributed by atoms with Gasteiger partial charge in [0.15, 0.2) is 6.10 Å². The monoisotopic (exact) mass is 688 g/mol. The summed E-state index contributed by atoms with van der Waals surface area (Å²) in [6, 6.07) is 0.868. The smallest absolute Gasteiger partial charge is 0.303 e. The highest BCUT2D eigenvalue weighted by molar-refractivity contribution is 5.66. The maximum absolute atomic E-state index is 12.2. The van der Waals surface area contributed by atoms with Gasteiger partial charge < -0.3 is 52.8 Å². The normalized spacial score (nSPS) is 47.4. The van der Waals surface area contributed by atoms with Crippen LogP contribution in [0.5, 0.6) is 0 Å². The third kappa shape index (κ3) is 5.30. The minimum absolute atomic E-state index is 0. The largest absolute Gasteiger partial charge is 1.00 e. The molecule has 0 aromatic rings. The number of nitrogens with zero attached hydrogens (tertiary/aromatic N) is 2. The second-order valence-corrected chi connectivity index (χ2v) is 16.1. The number of aliphatic hydroxyl groups is 1. The third-order valence-electron chi connectivity index (χ3n) is 14.2. The number of aliphatic hydroxyl groups excluding tert-OH is 1. The molecule has 0 bridgehead atoms. The topological polar surface area (TPSA) is 46.5 Å². The molecular formula is C33H58Br2N2O3. The first-order valence-electron chi connectivity index (χ1n) is 16.5. The highest BCUT2D eigenvalue weighted by atomic mass is 79.9. The maximum atomic E-state index is 12.2. The zero-order valence-electron chi connectivity index (χ0n) is 26.1. The summed E-state index contributed by atoms with van der Waals surface area (Å²) in [6.45, 7) is 11.7. The van der Waals surface area contributed by atoms with E-state index in [-0.39, 0.29) is 57.6 Å². The number of rotatable bonds is 3. The molecule has 6 fully saturated rings. The van der Waals surface area contributed by atoms with Crippen LogP contribution in [0.4, 0.5) is 0 Å². The first kappa shape index (κ1) is 33.2. The summed E-state index contributed by atoms with van der Waals surface area (Å²) in [7, 11) is 4.94. The molecule has 232 valence electrons. The van der Waals surface area contributed by atoms with Gasteiger partial charge >= 0.3 is 5.97 Å². The van der Waals surface area contributed by atoms with E-state index in [1.165, 1.54) is 103 Å². The van der Waals surface area contributed by atoms with E-state index in [0.717, 1.165) is 27.2 Å². The minimum Gasteiger partial charge on any atom is -1.00 e. The van der Waals surface area contributed by atoms with E-state index in [4.69, 9.17) is 4.74 Å². The van der Waals surface area contributed by atoms with E-state index in [1.807, 2.05) is 0 Å². The van der Waals surface area contributed by atoms with Crippen molar-refractivity contribution in [2.24, 2.45) is 34.5 Å². The zero-order valence-corrected chi connectivity index (χ0v) is 29.2.